The van der Waals surface area contributed by atoms with Gasteiger partial charge in [-0.25, -0.2) is 0 Å². The van der Waals surface area contributed by atoms with Crippen LogP contribution < -0.4 is 10.1 Å². The SMILES string of the molecule is CC(C)Oc1cccc(N[C@H]2CC[C@@H](C(=O)N(CC(=O)O)Cc3cccc(Cl)c3)CC[C@@H]2O)c1. The molecule has 0 bridgehead atoms. The van der Waals surface area contributed by atoms with E-state index in [1.807, 2.05) is 44.2 Å². The number of ether oxygens (including phenoxy) is 1. The van der Waals surface area contributed by atoms with E-state index in [0.29, 0.717) is 30.7 Å². The van der Waals surface area contributed by atoms with Crippen molar-refractivity contribution in [3.63, 3.8) is 0 Å². The predicted octanol–water partition coefficient (Wildman–Crippen LogP) is 4.57. The average molecular weight is 489 g/mol. The molecule has 0 radical (unpaired) electrons. The van der Waals surface area contributed by atoms with E-state index in [1.165, 1.54) is 4.90 Å². The van der Waals surface area contributed by atoms with E-state index >= 15 is 0 Å². The van der Waals surface area contributed by atoms with Gasteiger partial charge in [-0.05, 0) is 69.4 Å². The van der Waals surface area contributed by atoms with Crippen LogP contribution in [0.3, 0.4) is 0 Å². The first-order chi connectivity index (χ1) is 16.2. The van der Waals surface area contributed by atoms with Gasteiger partial charge in [-0.3, -0.25) is 9.59 Å². The summed E-state index contributed by atoms with van der Waals surface area (Å²) in [5, 5.41) is 24.0. The van der Waals surface area contributed by atoms with Gasteiger partial charge >= 0.3 is 5.97 Å². The van der Waals surface area contributed by atoms with Crippen molar-refractivity contribution < 1.29 is 24.5 Å². The molecule has 2 aromatic carbocycles. The van der Waals surface area contributed by atoms with Gasteiger partial charge in [0.2, 0.25) is 5.91 Å². The Bertz CT molecular complexity index is 983. The van der Waals surface area contributed by atoms with E-state index in [1.54, 1.807) is 18.2 Å². The highest BCUT2D eigenvalue weighted by atomic mass is 35.5. The number of hydrogen-bond acceptors (Lipinski definition) is 5. The van der Waals surface area contributed by atoms with Crippen molar-refractivity contribution in [2.75, 3.05) is 11.9 Å². The Morgan fingerprint density at radius 1 is 1.12 bits per heavy atom. The second-order valence-corrected chi connectivity index (χ2v) is 9.52. The van der Waals surface area contributed by atoms with Crippen LogP contribution in [-0.2, 0) is 16.1 Å². The fraction of sp³-hybridized carbons (Fsp3) is 0.462. The fourth-order valence-corrected chi connectivity index (χ4v) is 4.55. The number of anilines is 1. The Labute approximate surface area is 205 Å². The first-order valence-electron chi connectivity index (χ1n) is 11.7. The van der Waals surface area contributed by atoms with Gasteiger partial charge in [-0.2, -0.15) is 0 Å². The first kappa shape index (κ1) is 25.8. The van der Waals surface area contributed by atoms with Gasteiger partial charge in [0.05, 0.1) is 18.2 Å². The minimum Gasteiger partial charge on any atom is -0.491 e. The van der Waals surface area contributed by atoms with Crippen LogP contribution in [0.25, 0.3) is 0 Å². The van der Waals surface area contributed by atoms with Crippen molar-refractivity contribution in [2.45, 2.75) is 64.3 Å². The molecule has 1 amide bonds. The molecule has 0 aliphatic heterocycles. The van der Waals surface area contributed by atoms with Gasteiger partial charge in [0.15, 0.2) is 0 Å². The van der Waals surface area contributed by atoms with Crippen LogP contribution in [0.15, 0.2) is 48.5 Å². The second kappa shape index (κ2) is 12.1. The molecule has 1 aliphatic rings. The molecule has 1 aliphatic carbocycles. The Morgan fingerprint density at radius 2 is 1.85 bits per heavy atom. The zero-order valence-corrected chi connectivity index (χ0v) is 20.4. The van der Waals surface area contributed by atoms with E-state index in [2.05, 4.69) is 5.32 Å². The van der Waals surface area contributed by atoms with E-state index in [4.69, 9.17) is 16.3 Å². The molecule has 34 heavy (non-hydrogen) atoms. The zero-order chi connectivity index (χ0) is 24.7. The maximum atomic E-state index is 13.3. The highest BCUT2D eigenvalue weighted by Crippen LogP contribution is 2.29. The number of halogens is 1. The standard InChI is InChI=1S/C26H33ClN2O5/c1-17(2)34-22-8-4-7-21(14-22)28-23-11-9-19(10-12-24(23)30)26(33)29(16-25(31)32)15-18-5-3-6-20(27)13-18/h3-8,13-14,17,19,23-24,28,30H,9-12,15-16H2,1-2H3,(H,31,32)/t19-,23+,24+/m1/s1. The highest BCUT2D eigenvalue weighted by Gasteiger charge is 2.32. The number of carbonyl (C=O) groups is 2. The third kappa shape index (κ3) is 7.64. The van der Waals surface area contributed by atoms with Crippen molar-refractivity contribution in [3.8, 4) is 5.75 Å². The number of nitrogens with one attached hydrogen (secondary N) is 1. The lowest BCUT2D eigenvalue weighted by Crippen LogP contribution is -2.39. The van der Waals surface area contributed by atoms with Crippen molar-refractivity contribution in [1.29, 1.82) is 0 Å². The fourth-order valence-electron chi connectivity index (χ4n) is 4.34. The summed E-state index contributed by atoms with van der Waals surface area (Å²) < 4.78 is 5.75. The summed E-state index contributed by atoms with van der Waals surface area (Å²) in [5.41, 5.74) is 1.62. The number of amides is 1. The first-order valence-corrected chi connectivity index (χ1v) is 12.1. The van der Waals surface area contributed by atoms with Gasteiger partial charge in [-0.1, -0.05) is 29.8 Å². The van der Waals surface area contributed by atoms with Gasteiger partial charge in [-0.15, -0.1) is 0 Å². The Kier molecular flexibility index (Phi) is 9.19. The third-order valence-electron chi connectivity index (χ3n) is 5.91. The number of hydrogen-bond donors (Lipinski definition) is 3. The molecular formula is C26H33ClN2O5. The number of aliphatic hydroxyl groups excluding tert-OH is 1. The van der Waals surface area contributed by atoms with E-state index < -0.39 is 12.1 Å². The maximum absolute atomic E-state index is 13.3. The number of carboxylic acid groups (broad SMARTS) is 1. The Morgan fingerprint density at radius 3 is 2.56 bits per heavy atom. The molecular weight excluding hydrogens is 456 g/mol. The van der Waals surface area contributed by atoms with E-state index in [9.17, 15) is 19.8 Å². The number of carboxylic acids is 1. The molecule has 2 aromatic rings. The van der Waals surface area contributed by atoms with Crippen molar-refractivity contribution >= 4 is 29.2 Å². The lowest BCUT2D eigenvalue weighted by molar-refractivity contribution is -0.147. The quantitative estimate of drug-likeness (QED) is 0.447. The third-order valence-corrected chi connectivity index (χ3v) is 6.14. The molecule has 7 nitrogen and oxygen atoms in total. The smallest absolute Gasteiger partial charge is 0.323 e. The van der Waals surface area contributed by atoms with Crippen molar-refractivity contribution in [1.82, 2.24) is 4.90 Å². The molecule has 1 fully saturated rings. The Hall–Kier alpha value is -2.77. The zero-order valence-electron chi connectivity index (χ0n) is 19.6. The van der Waals surface area contributed by atoms with Gasteiger partial charge in [0, 0.05) is 29.2 Å². The van der Waals surface area contributed by atoms with E-state index in [0.717, 1.165) is 17.0 Å². The summed E-state index contributed by atoms with van der Waals surface area (Å²) in [5.74, 6) is -0.869. The normalized spacial score (nSPS) is 20.4. The van der Waals surface area contributed by atoms with Crippen LogP contribution in [0.2, 0.25) is 5.02 Å². The topological polar surface area (TPSA) is 99.1 Å². The molecule has 0 heterocycles. The molecule has 8 heteroatoms. The van der Waals surface area contributed by atoms with Crippen molar-refractivity contribution in [3.05, 3.63) is 59.1 Å². The van der Waals surface area contributed by atoms with Gasteiger partial charge in [0.25, 0.3) is 0 Å². The molecule has 0 unspecified atom stereocenters. The number of aliphatic carboxylic acids is 1. The molecule has 3 rings (SSSR count). The van der Waals surface area contributed by atoms with Crippen LogP contribution >= 0.6 is 11.6 Å². The second-order valence-electron chi connectivity index (χ2n) is 9.08. The molecule has 1 saturated carbocycles. The van der Waals surface area contributed by atoms with Crippen LogP contribution in [0.5, 0.6) is 5.75 Å². The highest BCUT2D eigenvalue weighted by molar-refractivity contribution is 6.30. The lowest BCUT2D eigenvalue weighted by atomic mass is 9.98. The van der Waals surface area contributed by atoms with Gasteiger partial charge < -0.3 is 25.2 Å². The average Bonchev–Trinajstić information content (AvgIpc) is 2.94. The number of nitrogens with zero attached hydrogens (tertiary/aromatic N) is 1. The molecule has 3 atom stereocenters. The summed E-state index contributed by atoms with van der Waals surface area (Å²) >= 11 is 6.05. The summed E-state index contributed by atoms with van der Waals surface area (Å²) in [4.78, 5) is 26.1. The minimum atomic E-state index is -1.06. The summed E-state index contributed by atoms with van der Waals surface area (Å²) in [7, 11) is 0. The summed E-state index contributed by atoms with van der Waals surface area (Å²) in [6.45, 7) is 3.72. The van der Waals surface area contributed by atoms with Crippen LogP contribution in [-0.4, -0.2) is 51.8 Å². The summed E-state index contributed by atoms with van der Waals surface area (Å²) in [6, 6.07) is 14.5. The Balaban J connectivity index is 1.66. The van der Waals surface area contributed by atoms with Crippen LogP contribution in [0.1, 0.15) is 45.1 Å². The number of carbonyl (C=O) groups excluding carboxylic acids is 1. The molecule has 0 aromatic heterocycles. The number of aliphatic hydroxyl groups is 1. The lowest BCUT2D eigenvalue weighted by Gasteiger charge is -2.26. The molecule has 3 N–H and O–H groups in total. The molecule has 0 spiro atoms. The van der Waals surface area contributed by atoms with Crippen molar-refractivity contribution in [2.24, 2.45) is 5.92 Å². The minimum absolute atomic E-state index is 0.0613. The van der Waals surface area contributed by atoms with E-state index in [-0.39, 0.29) is 37.1 Å². The van der Waals surface area contributed by atoms with Crippen LogP contribution in [0.4, 0.5) is 5.69 Å². The largest absolute Gasteiger partial charge is 0.491 e. The monoisotopic (exact) mass is 488 g/mol. The van der Waals surface area contributed by atoms with Crippen LogP contribution in [0, 0.1) is 5.92 Å². The molecule has 184 valence electrons. The predicted molar refractivity (Wildman–Crippen MR) is 132 cm³/mol. The number of benzene rings is 2. The number of rotatable bonds is 9. The van der Waals surface area contributed by atoms with Gasteiger partial charge in [0.1, 0.15) is 12.3 Å². The molecule has 0 saturated heterocycles. The summed E-state index contributed by atoms with van der Waals surface area (Å²) in [6.07, 6.45) is 1.54. The maximum Gasteiger partial charge on any atom is 0.323 e.